The molecule has 32 heavy (non-hydrogen) atoms. The zero-order chi connectivity index (χ0) is 22.4. The van der Waals surface area contributed by atoms with Gasteiger partial charge in [-0.25, -0.2) is 0 Å². The third-order valence-electron chi connectivity index (χ3n) is 5.61. The Morgan fingerprint density at radius 3 is 2.38 bits per heavy atom. The minimum absolute atomic E-state index is 0.0445. The van der Waals surface area contributed by atoms with Gasteiger partial charge in [0.05, 0.1) is 11.6 Å². The number of anilines is 1. The van der Waals surface area contributed by atoms with Crippen LogP contribution in [0.4, 0.5) is 5.13 Å². The minimum Gasteiger partial charge on any atom is -0.507 e. The molecule has 0 radical (unpaired) electrons. The number of carbonyl (C=O) groups excluding carboxylic acids is 2. The molecule has 1 aliphatic rings. The van der Waals surface area contributed by atoms with Crippen LogP contribution in [-0.2, 0) is 9.59 Å². The molecule has 2 heterocycles. The number of Topliss-reactive ketones (excluding diaryl/α,β-unsaturated/α-hetero) is 1. The van der Waals surface area contributed by atoms with Crippen molar-refractivity contribution in [1.82, 2.24) is 10.2 Å². The number of amides is 1. The second-order valence-electron chi connectivity index (χ2n) is 7.71. The number of fused-ring (bicyclic) bond motifs is 1. The maximum absolute atomic E-state index is 13.2. The highest BCUT2D eigenvalue weighted by atomic mass is 32.1. The molecule has 1 atom stereocenters. The Labute approximate surface area is 188 Å². The summed E-state index contributed by atoms with van der Waals surface area (Å²) in [6, 6.07) is 19.9. The summed E-state index contributed by atoms with van der Waals surface area (Å²) in [6.07, 6.45) is 0. The monoisotopic (exact) mass is 441 g/mol. The van der Waals surface area contributed by atoms with Crippen molar-refractivity contribution in [3.8, 4) is 0 Å². The van der Waals surface area contributed by atoms with E-state index in [1.807, 2.05) is 61.5 Å². The Kier molecular flexibility index (Phi) is 4.83. The first-order valence-electron chi connectivity index (χ1n) is 10.1. The van der Waals surface area contributed by atoms with E-state index in [-0.39, 0.29) is 11.3 Å². The van der Waals surface area contributed by atoms with Gasteiger partial charge in [-0.2, -0.15) is 0 Å². The lowest BCUT2D eigenvalue weighted by atomic mass is 9.91. The van der Waals surface area contributed by atoms with Gasteiger partial charge in [0.15, 0.2) is 0 Å². The molecule has 5 rings (SSSR count). The van der Waals surface area contributed by atoms with Gasteiger partial charge in [-0.1, -0.05) is 83.6 Å². The second-order valence-corrected chi connectivity index (χ2v) is 8.87. The molecule has 0 aliphatic carbocycles. The lowest BCUT2D eigenvalue weighted by Gasteiger charge is -2.24. The van der Waals surface area contributed by atoms with Crippen LogP contribution in [0.3, 0.4) is 0 Å². The number of aliphatic hydroxyl groups is 1. The topological polar surface area (TPSA) is 83.4 Å². The number of rotatable bonds is 3. The molecular formula is C25H19N3O3S. The van der Waals surface area contributed by atoms with E-state index < -0.39 is 17.7 Å². The number of aryl methyl sites for hydroxylation is 2. The Morgan fingerprint density at radius 1 is 0.938 bits per heavy atom. The van der Waals surface area contributed by atoms with Gasteiger partial charge in [0.25, 0.3) is 5.78 Å². The minimum atomic E-state index is -0.824. The Morgan fingerprint density at radius 2 is 1.66 bits per heavy atom. The number of ketones is 1. The van der Waals surface area contributed by atoms with Crippen molar-refractivity contribution in [2.75, 3.05) is 4.90 Å². The van der Waals surface area contributed by atoms with Crippen molar-refractivity contribution in [1.29, 1.82) is 0 Å². The summed E-state index contributed by atoms with van der Waals surface area (Å²) in [6.45, 7) is 3.73. The van der Waals surface area contributed by atoms with Crippen molar-refractivity contribution >= 4 is 44.7 Å². The van der Waals surface area contributed by atoms with E-state index in [0.717, 1.165) is 21.9 Å². The van der Waals surface area contributed by atoms with Gasteiger partial charge < -0.3 is 5.11 Å². The van der Waals surface area contributed by atoms with Crippen LogP contribution in [0.25, 0.3) is 16.5 Å². The molecule has 1 unspecified atom stereocenters. The maximum atomic E-state index is 13.2. The zero-order valence-electron chi connectivity index (χ0n) is 17.4. The van der Waals surface area contributed by atoms with E-state index in [0.29, 0.717) is 15.7 Å². The molecule has 0 bridgehead atoms. The average molecular weight is 442 g/mol. The van der Waals surface area contributed by atoms with Gasteiger partial charge in [0, 0.05) is 5.56 Å². The summed E-state index contributed by atoms with van der Waals surface area (Å²) in [5, 5.41) is 22.3. The molecule has 0 spiro atoms. The van der Waals surface area contributed by atoms with E-state index >= 15 is 0 Å². The van der Waals surface area contributed by atoms with Gasteiger partial charge in [-0.05, 0) is 30.2 Å². The number of hydrogen-bond acceptors (Lipinski definition) is 6. The molecule has 1 fully saturated rings. The van der Waals surface area contributed by atoms with Crippen LogP contribution in [0, 0.1) is 13.8 Å². The summed E-state index contributed by atoms with van der Waals surface area (Å²) in [5.74, 6) is -1.67. The van der Waals surface area contributed by atoms with Crippen molar-refractivity contribution in [3.05, 3.63) is 94.0 Å². The van der Waals surface area contributed by atoms with E-state index in [1.165, 1.54) is 16.2 Å². The molecule has 1 N–H and O–H groups in total. The SMILES string of the molecule is Cc1ccc(C(O)=C2C(=O)C(=O)N(c3nnc(C)s3)C2c2cccc3ccccc23)cc1. The highest BCUT2D eigenvalue weighted by Gasteiger charge is 2.48. The number of aromatic nitrogens is 2. The molecule has 1 saturated heterocycles. The van der Waals surface area contributed by atoms with E-state index in [4.69, 9.17) is 0 Å². The number of hydrogen-bond donors (Lipinski definition) is 1. The molecule has 3 aromatic carbocycles. The zero-order valence-corrected chi connectivity index (χ0v) is 18.3. The fourth-order valence-corrected chi connectivity index (χ4v) is 4.78. The first-order chi connectivity index (χ1) is 15.5. The van der Waals surface area contributed by atoms with Gasteiger partial charge in [0.1, 0.15) is 10.8 Å². The Bertz CT molecular complexity index is 1400. The first kappa shape index (κ1) is 20.1. The fraction of sp³-hybridized carbons (Fsp3) is 0.120. The molecule has 6 nitrogen and oxygen atoms in total. The standard InChI is InChI=1S/C25H19N3O3S/c1-14-10-12-17(13-11-14)22(29)20-21(19-9-5-7-16-6-3-4-8-18(16)19)28(24(31)23(20)30)25-27-26-15(2)32-25/h3-13,21,29H,1-2H3. The van der Waals surface area contributed by atoms with Crippen LogP contribution in [0.15, 0.2) is 72.3 Å². The van der Waals surface area contributed by atoms with Crippen molar-refractivity contribution < 1.29 is 14.7 Å². The van der Waals surface area contributed by atoms with Crippen molar-refractivity contribution in [2.45, 2.75) is 19.9 Å². The van der Waals surface area contributed by atoms with E-state index in [9.17, 15) is 14.7 Å². The highest BCUT2D eigenvalue weighted by Crippen LogP contribution is 2.44. The predicted octanol–water partition coefficient (Wildman–Crippen LogP) is 4.93. The maximum Gasteiger partial charge on any atom is 0.301 e. The van der Waals surface area contributed by atoms with Crippen LogP contribution in [0.5, 0.6) is 0 Å². The highest BCUT2D eigenvalue weighted by molar-refractivity contribution is 7.15. The Hall–Kier alpha value is -3.84. The third-order valence-corrected chi connectivity index (χ3v) is 6.45. The molecular weight excluding hydrogens is 422 g/mol. The third kappa shape index (κ3) is 3.18. The quantitative estimate of drug-likeness (QED) is 0.277. The smallest absolute Gasteiger partial charge is 0.301 e. The lowest BCUT2D eigenvalue weighted by Crippen LogP contribution is -2.29. The number of aliphatic hydroxyl groups excluding tert-OH is 1. The van der Waals surface area contributed by atoms with Crippen LogP contribution in [-0.4, -0.2) is 27.0 Å². The van der Waals surface area contributed by atoms with Crippen LogP contribution >= 0.6 is 11.3 Å². The fourth-order valence-electron chi connectivity index (χ4n) is 4.06. The number of nitrogens with zero attached hydrogens (tertiary/aromatic N) is 3. The summed E-state index contributed by atoms with van der Waals surface area (Å²) in [7, 11) is 0. The van der Waals surface area contributed by atoms with Gasteiger partial charge >= 0.3 is 5.91 Å². The molecule has 0 saturated carbocycles. The van der Waals surface area contributed by atoms with Gasteiger partial charge in [-0.15, -0.1) is 10.2 Å². The van der Waals surface area contributed by atoms with Crippen molar-refractivity contribution in [2.24, 2.45) is 0 Å². The molecule has 158 valence electrons. The summed E-state index contributed by atoms with van der Waals surface area (Å²) in [4.78, 5) is 27.8. The van der Waals surface area contributed by atoms with Gasteiger partial charge in [-0.3, -0.25) is 14.5 Å². The van der Waals surface area contributed by atoms with E-state index in [1.54, 1.807) is 19.1 Å². The Balaban J connectivity index is 1.80. The summed E-state index contributed by atoms with van der Waals surface area (Å²) in [5.41, 5.74) is 2.29. The summed E-state index contributed by atoms with van der Waals surface area (Å²) < 4.78 is 0. The first-order valence-corrected chi connectivity index (χ1v) is 10.9. The van der Waals surface area contributed by atoms with E-state index in [2.05, 4.69) is 10.2 Å². The largest absolute Gasteiger partial charge is 0.507 e. The van der Waals surface area contributed by atoms with Crippen molar-refractivity contribution in [3.63, 3.8) is 0 Å². The van der Waals surface area contributed by atoms with Crippen LogP contribution in [0.2, 0.25) is 0 Å². The average Bonchev–Trinajstić information content (AvgIpc) is 3.34. The number of benzene rings is 3. The summed E-state index contributed by atoms with van der Waals surface area (Å²) >= 11 is 1.23. The van der Waals surface area contributed by atoms with Crippen LogP contribution < -0.4 is 4.90 Å². The number of carbonyl (C=O) groups is 2. The second kappa shape index (κ2) is 7.69. The molecule has 4 aromatic rings. The molecule has 7 heteroatoms. The molecule has 1 aromatic heterocycles. The molecule has 1 amide bonds. The normalized spacial score (nSPS) is 17.9. The van der Waals surface area contributed by atoms with Crippen LogP contribution in [0.1, 0.15) is 27.7 Å². The molecule has 1 aliphatic heterocycles. The van der Waals surface area contributed by atoms with Gasteiger partial charge in [0.2, 0.25) is 5.13 Å². The lowest BCUT2D eigenvalue weighted by molar-refractivity contribution is -0.132. The predicted molar refractivity (Wildman–Crippen MR) is 125 cm³/mol.